The van der Waals surface area contributed by atoms with Crippen LogP contribution < -0.4 is 16.4 Å². The van der Waals surface area contributed by atoms with E-state index in [2.05, 4.69) is 26.3 Å². The van der Waals surface area contributed by atoms with E-state index < -0.39 is 0 Å². The summed E-state index contributed by atoms with van der Waals surface area (Å²) < 4.78 is 0. The van der Waals surface area contributed by atoms with Crippen molar-refractivity contribution in [1.82, 2.24) is 9.97 Å². The van der Waals surface area contributed by atoms with E-state index >= 15 is 0 Å². The third kappa shape index (κ3) is 9.57. The summed E-state index contributed by atoms with van der Waals surface area (Å²) >= 11 is 0. The Labute approximate surface area is 172 Å². The minimum Gasteiger partial charge on any atom is -0.367 e. The van der Waals surface area contributed by atoms with Gasteiger partial charge in [-0.2, -0.15) is 0 Å². The SMILES string of the molecule is C=O.C=O.CN.Cc1ccc(NC(=O)c2cc(NC3CCCCC3)ncn2)cc1. The van der Waals surface area contributed by atoms with E-state index in [0.717, 1.165) is 29.9 Å². The van der Waals surface area contributed by atoms with Crippen LogP contribution in [0.25, 0.3) is 0 Å². The Morgan fingerprint density at radius 2 is 1.59 bits per heavy atom. The van der Waals surface area contributed by atoms with E-state index in [1.165, 1.54) is 32.6 Å². The molecule has 0 bridgehead atoms. The molecule has 158 valence electrons. The average molecular weight is 402 g/mol. The summed E-state index contributed by atoms with van der Waals surface area (Å²) in [5.74, 6) is 0.504. The van der Waals surface area contributed by atoms with Gasteiger partial charge in [-0.3, -0.25) is 4.79 Å². The van der Waals surface area contributed by atoms with Crippen molar-refractivity contribution in [3.63, 3.8) is 0 Å². The molecular formula is C21H31N5O3. The van der Waals surface area contributed by atoms with Gasteiger partial charge >= 0.3 is 0 Å². The highest BCUT2D eigenvalue weighted by molar-refractivity contribution is 6.03. The molecule has 0 unspecified atom stereocenters. The van der Waals surface area contributed by atoms with E-state index in [4.69, 9.17) is 9.59 Å². The van der Waals surface area contributed by atoms with Crippen molar-refractivity contribution in [2.24, 2.45) is 5.73 Å². The van der Waals surface area contributed by atoms with Crippen LogP contribution in [0.1, 0.15) is 48.2 Å². The van der Waals surface area contributed by atoms with E-state index in [0.29, 0.717) is 11.7 Å². The number of nitrogens with two attached hydrogens (primary N) is 1. The van der Waals surface area contributed by atoms with Crippen LogP contribution >= 0.6 is 0 Å². The highest BCUT2D eigenvalue weighted by Crippen LogP contribution is 2.21. The molecule has 1 aliphatic carbocycles. The number of nitrogens with zero attached hydrogens (tertiary/aromatic N) is 2. The molecule has 0 aliphatic heterocycles. The normalized spacial score (nSPS) is 12.5. The number of rotatable bonds is 4. The maximum atomic E-state index is 12.3. The standard InChI is InChI=1S/C18H22N4O.CH5N.2CH2O/c1-13-7-9-15(10-8-13)22-18(23)16-11-17(20-12-19-16)21-14-5-3-2-4-6-14;3*1-2/h7-12,14H,2-6H2,1H3,(H,22,23)(H,19,20,21);2H2,1H3;2*1H2. The summed E-state index contributed by atoms with van der Waals surface area (Å²) in [7, 11) is 1.50. The van der Waals surface area contributed by atoms with Gasteiger partial charge in [-0.1, -0.05) is 37.0 Å². The fourth-order valence-electron chi connectivity index (χ4n) is 2.85. The Balaban J connectivity index is 0.00000120. The third-order valence-corrected chi connectivity index (χ3v) is 4.17. The van der Waals surface area contributed by atoms with Crippen molar-refractivity contribution in [3.8, 4) is 0 Å². The van der Waals surface area contributed by atoms with Crippen molar-refractivity contribution < 1.29 is 14.4 Å². The van der Waals surface area contributed by atoms with Gasteiger partial charge in [-0.05, 0) is 38.9 Å². The molecule has 0 saturated heterocycles. The Bertz CT molecular complexity index is 702. The predicted molar refractivity (Wildman–Crippen MR) is 116 cm³/mol. The number of amides is 1. The van der Waals surface area contributed by atoms with Crippen LogP contribution in [-0.2, 0) is 9.59 Å². The fraction of sp³-hybridized carbons (Fsp3) is 0.381. The van der Waals surface area contributed by atoms with Gasteiger partial charge in [-0.15, -0.1) is 0 Å². The first-order valence-electron chi connectivity index (χ1n) is 9.33. The first-order chi connectivity index (χ1) is 14.2. The molecule has 0 atom stereocenters. The highest BCUT2D eigenvalue weighted by Gasteiger charge is 2.15. The zero-order valence-corrected chi connectivity index (χ0v) is 17.2. The number of carbonyl (C=O) groups is 3. The lowest BCUT2D eigenvalue weighted by molar-refractivity contribution is -0.0987. The monoisotopic (exact) mass is 401 g/mol. The van der Waals surface area contributed by atoms with Crippen molar-refractivity contribution in [1.29, 1.82) is 0 Å². The van der Waals surface area contributed by atoms with E-state index in [1.807, 2.05) is 44.8 Å². The van der Waals surface area contributed by atoms with Crippen LogP contribution in [0.5, 0.6) is 0 Å². The molecular weight excluding hydrogens is 370 g/mol. The minimum atomic E-state index is -0.219. The van der Waals surface area contributed by atoms with E-state index in [9.17, 15) is 4.79 Å². The van der Waals surface area contributed by atoms with Crippen LogP contribution in [0.2, 0.25) is 0 Å². The molecule has 1 saturated carbocycles. The molecule has 0 spiro atoms. The van der Waals surface area contributed by atoms with Crippen molar-refractivity contribution in [2.75, 3.05) is 17.7 Å². The molecule has 3 rings (SSSR count). The van der Waals surface area contributed by atoms with E-state index in [1.54, 1.807) is 6.07 Å². The first-order valence-corrected chi connectivity index (χ1v) is 9.33. The Morgan fingerprint density at radius 1 is 1.00 bits per heavy atom. The van der Waals surface area contributed by atoms with E-state index in [-0.39, 0.29) is 5.91 Å². The predicted octanol–water partition coefficient (Wildman–Crippen LogP) is 2.99. The van der Waals surface area contributed by atoms with Gasteiger partial charge in [0.25, 0.3) is 5.91 Å². The van der Waals surface area contributed by atoms with Gasteiger partial charge < -0.3 is 26.0 Å². The molecule has 2 aromatic rings. The molecule has 0 radical (unpaired) electrons. The zero-order valence-electron chi connectivity index (χ0n) is 17.2. The topological polar surface area (TPSA) is 127 Å². The average Bonchev–Trinajstić information content (AvgIpc) is 2.80. The number of carbonyl (C=O) groups excluding carboxylic acids is 3. The number of aromatic nitrogens is 2. The van der Waals surface area contributed by atoms with Crippen molar-refractivity contribution in [3.05, 3.63) is 47.9 Å². The van der Waals surface area contributed by atoms with Crippen molar-refractivity contribution >= 4 is 31.0 Å². The van der Waals surface area contributed by atoms with Gasteiger partial charge in [0.15, 0.2) is 0 Å². The second-order valence-corrected chi connectivity index (χ2v) is 6.09. The molecule has 1 heterocycles. The Morgan fingerprint density at radius 3 is 2.17 bits per heavy atom. The lowest BCUT2D eigenvalue weighted by Gasteiger charge is -2.23. The summed E-state index contributed by atoms with van der Waals surface area (Å²) in [5.41, 5.74) is 6.80. The second kappa shape index (κ2) is 15.9. The molecule has 4 N–H and O–H groups in total. The maximum absolute atomic E-state index is 12.3. The smallest absolute Gasteiger partial charge is 0.274 e. The van der Waals surface area contributed by atoms with Crippen LogP contribution in [0.3, 0.4) is 0 Å². The molecule has 1 amide bonds. The molecule has 8 nitrogen and oxygen atoms in total. The minimum absolute atomic E-state index is 0.219. The number of anilines is 2. The van der Waals surface area contributed by atoms with Crippen molar-refractivity contribution in [2.45, 2.75) is 45.1 Å². The number of hydrogen-bond acceptors (Lipinski definition) is 7. The Kier molecular flexibility index (Phi) is 14.2. The fourth-order valence-corrected chi connectivity index (χ4v) is 2.85. The number of hydrogen-bond donors (Lipinski definition) is 3. The van der Waals surface area contributed by atoms with Crippen LogP contribution in [0, 0.1) is 6.92 Å². The number of benzene rings is 1. The maximum Gasteiger partial charge on any atom is 0.274 e. The summed E-state index contributed by atoms with van der Waals surface area (Å²) in [4.78, 5) is 36.6. The van der Waals surface area contributed by atoms with Crippen LogP contribution in [-0.4, -0.2) is 42.5 Å². The summed E-state index contributed by atoms with van der Waals surface area (Å²) in [5, 5.41) is 6.28. The summed E-state index contributed by atoms with van der Waals surface area (Å²) in [6.07, 6.45) is 7.58. The molecule has 8 heteroatoms. The first kappa shape index (κ1) is 25.9. The lowest BCUT2D eigenvalue weighted by Crippen LogP contribution is -2.23. The van der Waals surface area contributed by atoms with Gasteiger partial charge in [0, 0.05) is 17.8 Å². The van der Waals surface area contributed by atoms with Gasteiger partial charge in [-0.25, -0.2) is 9.97 Å². The van der Waals surface area contributed by atoms with Gasteiger partial charge in [0.2, 0.25) is 0 Å². The number of nitrogens with one attached hydrogen (secondary N) is 2. The lowest BCUT2D eigenvalue weighted by atomic mass is 9.95. The summed E-state index contributed by atoms with van der Waals surface area (Å²) in [6.45, 7) is 6.01. The third-order valence-electron chi connectivity index (χ3n) is 4.17. The summed E-state index contributed by atoms with van der Waals surface area (Å²) in [6, 6.07) is 9.87. The van der Waals surface area contributed by atoms with Gasteiger partial charge in [0.1, 0.15) is 31.4 Å². The quantitative estimate of drug-likeness (QED) is 0.718. The zero-order chi connectivity index (χ0) is 22.1. The largest absolute Gasteiger partial charge is 0.367 e. The van der Waals surface area contributed by atoms with Gasteiger partial charge in [0.05, 0.1) is 0 Å². The van der Waals surface area contributed by atoms with Crippen LogP contribution in [0.15, 0.2) is 36.7 Å². The molecule has 1 aromatic heterocycles. The van der Waals surface area contributed by atoms with Crippen LogP contribution in [0.4, 0.5) is 11.5 Å². The Hall–Kier alpha value is -3.13. The molecule has 29 heavy (non-hydrogen) atoms. The molecule has 1 aliphatic rings. The number of aryl methyl sites for hydroxylation is 1. The highest BCUT2D eigenvalue weighted by atomic mass is 16.1. The molecule has 1 aromatic carbocycles. The molecule has 1 fully saturated rings. The second-order valence-electron chi connectivity index (χ2n) is 6.09.